The molecule has 1 heterocycles. The van der Waals surface area contributed by atoms with Gasteiger partial charge in [-0.1, -0.05) is 32.9 Å². The second-order valence-electron chi connectivity index (χ2n) is 10.4. The fourth-order valence-corrected chi connectivity index (χ4v) is 5.15. The fraction of sp³-hybridized carbons (Fsp3) is 0.593. The normalized spacial score (nSPS) is 22.0. The number of amides is 1. The lowest BCUT2D eigenvalue weighted by Crippen LogP contribution is -2.45. The van der Waals surface area contributed by atoms with Crippen molar-refractivity contribution in [2.24, 2.45) is 17.8 Å². The molecule has 6 heteroatoms. The maximum atomic E-state index is 12.7. The molecule has 6 nitrogen and oxygen atoms in total. The molecule has 1 aliphatic carbocycles. The van der Waals surface area contributed by atoms with Crippen LogP contribution >= 0.6 is 0 Å². The van der Waals surface area contributed by atoms with Gasteiger partial charge in [0.1, 0.15) is 11.4 Å². The van der Waals surface area contributed by atoms with Gasteiger partial charge in [0.25, 0.3) is 10.9 Å². The summed E-state index contributed by atoms with van der Waals surface area (Å²) >= 11 is 0. The molecule has 2 aromatic rings. The number of nitrogens with one attached hydrogen (secondary N) is 2. The predicted octanol–water partition coefficient (Wildman–Crippen LogP) is 4.50. The molecule has 2 aliphatic rings. The van der Waals surface area contributed by atoms with Gasteiger partial charge in [0.05, 0.1) is 0 Å². The topological polar surface area (TPSA) is 78.5 Å². The van der Waals surface area contributed by atoms with Crippen molar-refractivity contribution in [3.8, 4) is 0 Å². The zero-order valence-corrected chi connectivity index (χ0v) is 20.2. The molecule has 2 N–H and O–H groups in total. The summed E-state index contributed by atoms with van der Waals surface area (Å²) in [7, 11) is 0. The lowest BCUT2D eigenvalue weighted by Gasteiger charge is -2.34. The van der Waals surface area contributed by atoms with E-state index in [4.69, 9.17) is 0 Å². The number of hydrogen-bond acceptors (Lipinski definition) is 5. The number of rotatable bonds is 7. The summed E-state index contributed by atoms with van der Waals surface area (Å²) in [5.74, 6) is 1.70. The highest BCUT2D eigenvalue weighted by Crippen LogP contribution is 2.31. The lowest BCUT2D eigenvalue weighted by molar-refractivity contribution is -0.121. The Hall–Kier alpha value is -2.63. The number of carbonyl (C=O) groups is 1. The van der Waals surface area contributed by atoms with E-state index in [9.17, 15) is 14.4 Å². The molecule has 1 saturated carbocycles. The third-order valence-electron chi connectivity index (χ3n) is 7.61. The zero-order valence-electron chi connectivity index (χ0n) is 20.2. The molecule has 33 heavy (non-hydrogen) atoms. The van der Waals surface area contributed by atoms with Crippen LogP contribution in [0.2, 0.25) is 0 Å². The molecule has 0 atom stereocenters. The molecule has 0 radical (unpaired) electrons. The van der Waals surface area contributed by atoms with Crippen molar-refractivity contribution in [1.29, 1.82) is 0 Å². The van der Waals surface area contributed by atoms with Gasteiger partial charge in [0, 0.05) is 31.2 Å². The second-order valence-corrected chi connectivity index (χ2v) is 10.4. The monoisotopic (exact) mass is 451 g/mol. The molecule has 0 bridgehead atoms. The van der Waals surface area contributed by atoms with Crippen molar-refractivity contribution < 1.29 is 4.79 Å². The van der Waals surface area contributed by atoms with Crippen molar-refractivity contribution in [3.05, 3.63) is 50.3 Å². The molecule has 0 unspecified atom stereocenters. The smallest absolute Gasteiger partial charge is 0.253 e. The van der Waals surface area contributed by atoms with Gasteiger partial charge < -0.3 is 15.5 Å². The summed E-state index contributed by atoms with van der Waals surface area (Å²) in [4.78, 5) is 39.2. The Kier molecular flexibility index (Phi) is 7.20. The maximum Gasteiger partial charge on any atom is 0.253 e. The SMILES string of the molecule is CC1CCN(c2c(NCC3CCC(C(=O)Nc4ccc(C(C)C)cc4)CC3)c(=O)c2=O)CC1. The Morgan fingerprint density at radius 2 is 1.61 bits per heavy atom. The van der Waals surface area contributed by atoms with Gasteiger partial charge >= 0.3 is 0 Å². The minimum atomic E-state index is -0.375. The molecule has 1 saturated heterocycles. The fourth-order valence-electron chi connectivity index (χ4n) is 5.15. The minimum absolute atomic E-state index is 0.0306. The van der Waals surface area contributed by atoms with E-state index in [0.717, 1.165) is 57.3 Å². The predicted molar refractivity (Wildman–Crippen MR) is 135 cm³/mol. The second kappa shape index (κ2) is 10.1. The average molecular weight is 452 g/mol. The molecule has 2 fully saturated rings. The van der Waals surface area contributed by atoms with E-state index in [1.807, 2.05) is 12.1 Å². The minimum Gasteiger partial charge on any atom is -0.380 e. The van der Waals surface area contributed by atoms with E-state index in [2.05, 4.69) is 48.4 Å². The molecule has 1 aliphatic heterocycles. The molecule has 0 spiro atoms. The maximum absolute atomic E-state index is 12.7. The summed E-state index contributed by atoms with van der Waals surface area (Å²) in [6.07, 6.45) is 5.72. The number of benzene rings is 1. The van der Waals surface area contributed by atoms with Crippen LogP contribution in [0.4, 0.5) is 17.1 Å². The first kappa shape index (κ1) is 23.5. The quantitative estimate of drug-likeness (QED) is 0.606. The van der Waals surface area contributed by atoms with Gasteiger partial charge in [0.15, 0.2) is 0 Å². The standard InChI is InChI=1S/C27H37N3O3/c1-17(2)20-8-10-22(11-9-20)29-27(33)21-6-4-19(5-7-21)16-28-23-24(26(32)25(23)31)30-14-12-18(3)13-15-30/h8-11,17-19,21,28H,4-7,12-16H2,1-3H3,(H,29,33). The summed E-state index contributed by atoms with van der Waals surface area (Å²) < 4.78 is 0. The Morgan fingerprint density at radius 1 is 0.970 bits per heavy atom. The molecular formula is C27H37N3O3. The molecule has 178 valence electrons. The van der Waals surface area contributed by atoms with Crippen LogP contribution in [0.3, 0.4) is 0 Å². The largest absolute Gasteiger partial charge is 0.380 e. The summed E-state index contributed by atoms with van der Waals surface area (Å²) in [6, 6.07) is 8.10. The van der Waals surface area contributed by atoms with Gasteiger partial charge in [-0.05, 0) is 74.0 Å². The number of nitrogens with zero attached hydrogens (tertiary/aromatic N) is 1. The number of carbonyl (C=O) groups excluding carboxylic acids is 1. The first-order valence-corrected chi connectivity index (χ1v) is 12.6. The van der Waals surface area contributed by atoms with E-state index in [1.165, 1.54) is 5.56 Å². The highest BCUT2D eigenvalue weighted by Gasteiger charge is 2.30. The molecular weight excluding hydrogens is 414 g/mol. The van der Waals surface area contributed by atoms with Crippen LogP contribution < -0.4 is 26.4 Å². The van der Waals surface area contributed by atoms with E-state index in [0.29, 0.717) is 35.7 Å². The number of hydrogen-bond donors (Lipinski definition) is 2. The van der Waals surface area contributed by atoms with Crippen LogP contribution in [0.25, 0.3) is 0 Å². The van der Waals surface area contributed by atoms with Crippen molar-refractivity contribution in [2.75, 3.05) is 35.2 Å². The van der Waals surface area contributed by atoms with Crippen molar-refractivity contribution in [1.82, 2.24) is 0 Å². The Morgan fingerprint density at radius 3 is 2.21 bits per heavy atom. The zero-order chi connectivity index (χ0) is 23.5. The summed E-state index contributed by atoms with van der Waals surface area (Å²) in [5, 5.41) is 6.36. The van der Waals surface area contributed by atoms with Gasteiger partial charge in [-0.15, -0.1) is 0 Å². The van der Waals surface area contributed by atoms with Crippen LogP contribution in [0.1, 0.15) is 70.8 Å². The third kappa shape index (κ3) is 5.31. The lowest BCUT2D eigenvalue weighted by atomic mass is 9.81. The van der Waals surface area contributed by atoms with Crippen molar-refractivity contribution in [3.63, 3.8) is 0 Å². The van der Waals surface area contributed by atoms with Crippen LogP contribution in [0.15, 0.2) is 33.9 Å². The summed E-state index contributed by atoms with van der Waals surface area (Å²) in [5.41, 5.74) is 2.52. The third-order valence-corrected chi connectivity index (χ3v) is 7.61. The van der Waals surface area contributed by atoms with E-state index in [1.54, 1.807) is 0 Å². The first-order chi connectivity index (χ1) is 15.8. The van der Waals surface area contributed by atoms with E-state index in [-0.39, 0.29) is 22.7 Å². The van der Waals surface area contributed by atoms with Gasteiger partial charge in [-0.2, -0.15) is 0 Å². The van der Waals surface area contributed by atoms with Crippen LogP contribution in [-0.4, -0.2) is 25.5 Å². The highest BCUT2D eigenvalue weighted by molar-refractivity contribution is 5.92. The molecule has 4 rings (SSSR count). The van der Waals surface area contributed by atoms with E-state index < -0.39 is 0 Å². The number of anilines is 3. The summed E-state index contributed by atoms with van der Waals surface area (Å²) in [6.45, 7) is 8.93. The van der Waals surface area contributed by atoms with Gasteiger partial charge in [-0.25, -0.2) is 0 Å². The van der Waals surface area contributed by atoms with E-state index >= 15 is 0 Å². The molecule has 1 amide bonds. The highest BCUT2D eigenvalue weighted by atomic mass is 16.2. The Labute approximate surface area is 196 Å². The van der Waals surface area contributed by atoms with Crippen LogP contribution in [0, 0.1) is 17.8 Å². The van der Waals surface area contributed by atoms with Crippen molar-refractivity contribution in [2.45, 2.75) is 65.2 Å². The average Bonchev–Trinajstić information content (AvgIpc) is 2.82. The number of piperidine rings is 1. The van der Waals surface area contributed by atoms with Gasteiger partial charge in [0.2, 0.25) is 5.91 Å². The van der Waals surface area contributed by atoms with Gasteiger partial charge in [-0.3, -0.25) is 14.4 Å². The van der Waals surface area contributed by atoms with Crippen LogP contribution in [-0.2, 0) is 4.79 Å². The van der Waals surface area contributed by atoms with Crippen LogP contribution in [0.5, 0.6) is 0 Å². The first-order valence-electron chi connectivity index (χ1n) is 12.6. The van der Waals surface area contributed by atoms with Crippen molar-refractivity contribution >= 4 is 23.0 Å². The molecule has 0 aromatic heterocycles. The molecule has 2 aromatic carbocycles. The Balaban J connectivity index is 1.25. The Bertz CT molecular complexity index is 1020.